The van der Waals surface area contributed by atoms with Crippen LogP contribution in [0.3, 0.4) is 0 Å². The third kappa shape index (κ3) is 1.82. The molecule has 2 aromatic heterocycles. The van der Waals surface area contributed by atoms with Gasteiger partial charge in [0.25, 0.3) is 0 Å². The van der Waals surface area contributed by atoms with E-state index in [1.807, 2.05) is 16.7 Å². The van der Waals surface area contributed by atoms with Crippen molar-refractivity contribution in [1.29, 1.82) is 0 Å². The van der Waals surface area contributed by atoms with Crippen molar-refractivity contribution in [3.05, 3.63) is 29.6 Å². The van der Waals surface area contributed by atoms with Gasteiger partial charge in [0.05, 0.1) is 5.69 Å². The van der Waals surface area contributed by atoms with Crippen LogP contribution in [0.4, 0.5) is 5.82 Å². The highest BCUT2D eigenvalue weighted by molar-refractivity contribution is 5.53. The average Bonchev–Trinajstić information content (AvgIpc) is 2.53. The Morgan fingerprint density at radius 1 is 1.40 bits per heavy atom. The maximum Gasteiger partial charge on any atom is 0.138 e. The molecule has 0 aliphatic carbocycles. The number of aromatic nitrogens is 2. The van der Waals surface area contributed by atoms with Gasteiger partial charge in [-0.3, -0.25) is 4.40 Å². The molecule has 0 saturated heterocycles. The second kappa shape index (κ2) is 3.93. The van der Waals surface area contributed by atoms with Gasteiger partial charge in [-0.05, 0) is 31.4 Å². The Balaban J connectivity index is 2.45. The molecule has 2 N–H and O–H groups in total. The normalized spacial score (nSPS) is 11.1. The topological polar surface area (TPSA) is 43.3 Å². The lowest BCUT2D eigenvalue weighted by Crippen LogP contribution is -1.96. The van der Waals surface area contributed by atoms with Crippen molar-refractivity contribution in [2.75, 3.05) is 5.73 Å². The molecule has 0 aliphatic rings. The molecule has 0 fully saturated rings. The molecule has 2 heterocycles. The molecule has 2 rings (SSSR count). The smallest absolute Gasteiger partial charge is 0.138 e. The summed E-state index contributed by atoms with van der Waals surface area (Å²) in [6, 6.07) is 4.08. The first-order chi connectivity index (χ1) is 7.22. The van der Waals surface area contributed by atoms with E-state index < -0.39 is 0 Å². The van der Waals surface area contributed by atoms with Crippen LogP contribution < -0.4 is 5.73 Å². The molecule has 15 heavy (non-hydrogen) atoms. The number of hydrogen-bond acceptors (Lipinski definition) is 2. The van der Waals surface area contributed by atoms with Crippen molar-refractivity contribution < 1.29 is 0 Å². The predicted octanol–water partition coefficient (Wildman–Crippen LogP) is 2.57. The molecule has 0 aromatic carbocycles. The maximum atomic E-state index is 6.05. The first-order valence-electron chi connectivity index (χ1n) is 5.45. The van der Waals surface area contributed by atoms with Crippen molar-refractivity contribution in [2.24, 2.45) is 0 Å². The number of aryl methyl sites for hydroxylation is 2. The van der Waals surface area contributed by atoms with Gasteiger partial charge < -0.3 is 5.73 Å². The highest BCUT2D eigenvalue weighted by atomic mass is 15.1. The summed E-state index contributed by atoms with van der Waals surface area (Å²) in [5.74, 6) is 0.794. The van der Waals surface area contributed by atoms with Gasteiger partial charge in [0.2, 0.25) is 0 Å². The van der Waals surface area contributed by atoms with Gasteiger partial charge in [0, 0.05) is 6.20 Å². The highest BCUT2D eigenvalue weighted by Crippen LogP contribution is 2.17. The number of unbranched alkanes of at least 4 members (excludes halogenated alkanes) is 1. The summed E-state index contributed by atoms with van der Waals surface area (Å²) in [6.45, 7) is 4.24. The zero-order chi connectivity index (χ0) is 10.8. The number of nitrogens with zero attached hydrogens (tertiary/aromatic N) is 2. The van der Waals surface area contributed by atoms with Gasteiger partial charge in [-0.25, -0.2) is 4.98 Å². The number of pyridine rings is 1. The van der Waals surface area contributed by atoms with E-state index in [1.165, 1.54) is 12.0 Å². The number of hydrogen-bond donors (Lipinski definition) is 1. The quantitative estimate of drug-likeness (QED) is 0.833. The Hall–Kier alpha value is -1.51. The lowest BCUT2D eigenvalue weighted by molar-refractivity contribution is 0.783. The summed E-state index contributed by atoms with van der Waals surface area (Å²) < 4.78 is 1.97. The molecule has 3 heteroatoms. The van der Waals surface area contributed by atoms with Crippen LogP contribution in [0.2, 0.25) is 0 Å². The standard InChI is InChI=1S/C12H17N3/c1-3-4-5-10-12(13)15-8-9(2)6-7-11(15)14-10/h6-8H,3-5,13H2,1-2H3. The SMILES string of the molecule is CCCCc1nc2ccc(C)cn2c1N. The van der Waals surface area contributed by atoms with Crippen molar-refractivity contribution in [1.82, 2.24) is 9.38 Å². The molecular formula is C12H17N3. The molecule has 0 spiro atoms. The largest absolute Gasteiger partial charge is 0.383 e. The molecular weight excluding hydrogens is 186 g/mol. The molecule has 0 bridgehead atoms. The molecule has 0 amide bonds. The Morgan fingerprint density at radius 3 is 2.93 bits per heavy atom. The third-order valence-corrected chi connectivity index (χ3v) is 2.65. The van der Waals surface area contributed by atoms with E-state index in [0.717, 1.165) is 30.0 Å². The predicted molar refractivity (Wildman–Crippen MR) is 63.0 cm³/mol. The van der Waals surface area contributed by atoms with Gasteiger partial charge in [0.1, 0.15) is 11.5 Å². The molecule has 0 atom stereocenters. The first-order valence-corrected chi connectivity index (χ1v) is 5.45. The lowest BCUT2D eigenvalue weighted by atomic mass is 10.2. The molecule has 0 saturated carbocycles. The molecule has 3 nitrogen and oxygen atoms in total. The first kappa shape index (κ1) is 10.0. The van der Waals surface area contributed by atoms with Crippen LogP contribution in [0.1, 0.15) is 31.0 Å². The summed E-state index contributed by atoms with van der Waals surface area (Å²) in [5, 5.41) is 0. The average molecular weight is 203 g/mol. The second-order valence-corrected chi connectivity index (χ2v) is 3.98. The van der Waals surface area contributed by atoms with Crippen molar-refractivity contribution in [2.45, 2.75) is 33.1 Å². The fourth-order valence-electron chi connectivity index (χ4n) is 1.75. The zero-order valence-electron chi connectivity index (χ0n) is 9.33. The minimum Gasteiger partial charge on any atom is -0.383 e. The Labute approximate surface area is 89.9 Å². The van der Waals surface area contributed by atoms with Crippen molar-refractivity contribution >= 4 is 11.5 Å². The van der Waals surface area contributed by atoms with E-state index in [9.17, 15) is 0 Å². The fourth-order valence-corrected chi connectivity index (χ4v) is 1.75. The van der Waals surface area contributed by atoms with E-state index in [-0.39, 0.29) is 0 Å². The Kier molecular flexibility index (Phi) is 2.62. The van der Waals surface area contributed by atoms with Crippen LogP contribution in [0.5, 0.6) is 0 Å². The van der Waals surface area contributed by atoms with Crippen LogP contribution >= 0.6 is 0 Å². The van der Waals surface area contributed by atoms with E-state index in [0.29, 0.717) is 0 Å². The molecule has 2 aromatic rings. The summed E-state index contributed by atoms with van der Waals surface area (Å²) in [7, 11) is 0. The fraction of sp³-hybridized carbons (Fsp3) is 0.417. The molecule has 0 aliphatic heterocycles. The number of imidazole rings is 1. The van der Waals surface area contributed by atoms with Gasteiger partial charge >= 0.3 is 0 Å². The van der Waals surface area contributed by atoms with Gasteiger partial charge in [-0.2, -0.15) is 0 Å². The van der Waals surface area contributed by atoms with Crippen molar-refractivity contribution in [3.63, 3.8) is 0 Å². The van der Waals surface area contributed by atoms with Crippen molar-refractivity contribution in [3.8, 4) is 0 Å². The van der Waals surface area contributed by atoms with E-state index in [4.69, 9.17) is 5.73 Å². The number of fused-ring (bicyclic) bond motifs is 1. The summed E-state index contributed by atoms with van der Waals surface area (Å²) in [4.78, 5) is 4.53. The van der Waals surface area contributed by atoms with Crippen LogP contribution in [0.25, 0.3) is 5.65 Å². The third-order valence-electron chi connectivity index (χ3n) is 2.65. The van der Waals surface area contributed by atoms with Crippen LogP contribution in [-0.4, -0.2) is 9.38 Å². The Bertz CT molecular complexity index is 471. The number of anilines is 1. The molecule has 0 unspecified atom stereocenters. The van der Waals surface area contributed by atoms with Gasteiger partial charge in [-0.1, -0.05) is 19.4 Å². The summed E-state index contributed by atoms with van der Waals surface area (Å²) in [6.07, 6.45) is 5.33. The maximum absolute atomic E-state index is 6.05. The van der Waals surface area contributed by atoms with E-state index in [1.54, 1.807) is 0 Å². The van der Waals surface area contributed by atoms with Crippen LogP contribution in [-0.2, 0) is 6.42 Å². The number of nitrogens with two attached hydrogens (primary N) is 1. The minimum atomic E-state index is 0.794. The van der Waals surface area contributed by atoms with E-state index >= 15 is 0 Å². The second-order valence-electron chi connectivity index (χ2n) is 3.98. The monoisotopic (exact) mass is 203 g/mol. The van der Waals surface area contributed by atoms with Gasteiger partial charge in [0.15, 0.2) is 0 Å². The summed E-state index contributed by atoms with van der Waals surface area (Å²) in [5.41, 5.74) is 9.23. The molecule has 80 valence electrons. The Morgan fingerprint density at radius 2 is 2.20 bits per heavy atom. The summed E-state index contributed by atoms with van der Waals surface area (Å²) >= 11 is 0. The lowest BCUT2D eigenvalue weighted by Gasteiger charge is -1.98. The van der Waals surface area contributed by atoms with Crippen LogP contribution in [0, 0.1) is 6.92 Å². The van der Waals surface area contributed by atoms with E-state index in [2.05, 4.69) is 24.9 Å². The minimum absolute atomic E-state index is 0.794. The number of nitrogen functional groups attached to an aromatic ring is 1. The van der Waals surface area contributed by atoms with Crippen LogP contribution in [0.15, 0.2) is 18.3 Å². The van der Waals surface area contributed by atoms with Gasteiger partial charge in [-0.15, -0.1) is 0 Å². The highest BCUT2D eigenvalue weighted by Gasteiger charge is 2.07. The zero-order valence-corrected chi connectivity index (χ0v) is 9.33. The molecule has 0 radical (unpaired) electrons. The number of rotatable bonds is 3.